The maximum atomic E-state index is 11.8. The zero-order valence-electron chi connectivity index (χ0n) is 8.63. The van der Waals surface area contributed by atoms with E-state index in [4.69, 9.17) is 16.3 Å². The number of halogens is 1. The van der Waals surface area contributed by atoms with Crippen molar-refractivity contribution < 1.29 is 9.53 Å². The van der Waals surface area contributed by atoms with Crippen LogP contribution in [-0.4, -0.2) is 24.9 Å². The Morgan fingerprint density at radius 1 is 1.53 bits per heavy atom. The van der Waals surface area contributed by atoms with E-state index in [0.717, 1.165) is 11.1 Å². The third-order valence-corrected chi connectivity index (χ3v) is 3.37. The second-order valence-electron chi connectivity index (χ2n) is 4.00. The standard InChI is InChI=1S/C12H13ClO2/c1-9-3-2-4-10(5-9)12(7-13)8-15-6-11(12)14/h2-5H,6-8H2,1H3/t12-/m1/s1. The van der Waals surface area contributed by atoms with Gasteiger partial charge in [-0.05, 0) is 12.5 Å². The van der Waals surface area contributed by atoms with Gasteiger partial charge in [0.05, 0.1) is 12.0 Å². The number of benzene rings is 1. The zero-order chi connectivity index (χ0) is 10.9. The highest BCUT2D eigenvalue weighted by molar-refractivity contribution is 6.21. The smallest absolute Gasteiger partial charge is 0.172 e. The van der Waals surface area contributed by atoms with Gasteiger partial charge in [-0.1, -0.05) is 29.8 Å². The molecular weight excluding hydrogens is 212 g/mol. The molecular formula is C12H13ClO2. The first-order chi connectivity index (χ1) is 7.19. The fraction of sp³-hybridized carbons (Fsp3) is 0.417. The largest absolute Gasteiger partial charge is 0.372 e. The lowest BCUT2D eigenvalue weighted by molar-refractivity contribution is -0.121. The lowest BCUT2D eigenvalue weighted by Gasteiger charge is -2.23. The molecule has 1 saturated heterocycles. The molecule has 80 valence electrons. The third-order valence-electron chi connectivity index (χ3n) is 2.91. The van der Waals surface area contributed by atoms with Gasteiger partial charge in [0.25, 0.3) is 0 Å². The molecule has 0 radical (unpaired) electrons. The van der Waals surface area contributed by atoms with Crippen molar-refractivity contribution in [2.24, 2.45) is 0 Å². The molecule has 0 aliphatic carbocycles. The molecule has 0 aromatic heterocycles. The molecule has 0 bridgehead atoms. The molecule has 1 atom stereocenters. The zero-order valence-corrected chi connectivity index (χ0v) is 9.38. The van der Waals surface area contributed by atoms with Gasteiger partial charge in [-0.15, -0.1) is 11.6 Å². The highest BCUT2D eigenvalue weighted by Gasteiger charge is 2.44. The first-order valence-electron chi connectivity index (χ1n) is 4.93. The van der Waals surface area contributed by atoms with E-state index < -0.39 is 5.41 Å². The maximum Gasteiger partial charge on any atom is 0.172 e. The van der Waals surface area contributed by atoms with Crippen molar-refractivity contribution in [3.63, 3.8) is 0 Å². The Kier molecular flexibility index (Phi) is 2.81. The molecule has 1 heterocycles. The Bertz CT molecular complexity index is 389. The number of hydrogen-bond acceptors (Lipinski definition) is 2. The van der Waals surface area contributed by atoms with Crippen LogP contribution in [0.2, 0.25) is 0 Å². The minimum atomic E-state index is -0.617. The van der Waals surface area contributed by atoms with E-state index in [-0.39, 0.29) is 18.3 Å². The first-order valence-corrected chi connectivity index (χ1v) is 5.47. The van der Waals surface area contributed by atoms with Crippen LogP contribution < -0.4 is 0 Å². The van der Waals surface area contributed by atoms with Gasteiger partial charge in [0.1, 0.15) is 6.61 Å². The van der Waals surface area contributed by atoms with Gasteiger partial charge in [-0.2, -0.15) is 0 Å². The molecule has 2 nitrogen and oxygen atoms in total. The van der Waals surface area contributed by atoms with E-state index in [2.05, 4.69) is 0 Å². The summed E-state index contributed by atoms with van der Waals surface area (Å²) in [6.07, 6.45) is 0. The molecule has 1 aliphatic heterocycles. The predicted molar refractivity (Wildman–Crippen MR) is 59.4 cm³/mol. The van der Waals surface area contributed by atoms with Gasteiger partial charge in [0.15, 0.2) is 5.78 Å². The SMILES string of the molecule is Cc1cccc([C@@]2(CCl)COCC2=O)c1. The summed E-state index contributed by atoms with van der Waals surface area (Å²) >= 11 is 5.95. The fourth-order valence-electron chi connectivity index (χ4n) is 1.91. The van der Waals surface area contributed by atoms with Crippen LogP contribution in [0.5, 0.6) is 0 Å². The number of carbonyl (C=O) groups is 1. The highest BCUT2D eigenvalue weighted by Crippen LogP contribution is 2.32. The van der Waals surface area contributed by atoms with Crippen molar-refractivity contribution in [1.29, 1.82) is 0 Å². The summed E-state index contributed by atoms with van der Waals surface area (Å²) in [4.78, 5) is 11.8. The molecule has 0 unspecified atom stereocenters. The molecule has 0 amide bonds. The van der Waals surface area contributed by atoms with Crippen LogP contribution in [0.1, 0.15) is 11.1 Å². The summed E-state index contributed by atoms with van der Waals surface area (Å²) in [5.41, 5.74) is 1.49. The molecule has 3 heteroatoms. The second kappa shape index (κ2) is 3.95. The van der Waals surface area contributed by atoms with E-state index in [0.29, 0.717) is 6.61 Å². The van der Waals surface area contributed by atoms with E-state index in [1.54, 1.807) is 0 Å². The van der Waals surface area contributed by atoms with Crippen LogP contribution >= 0.6 is 11.6 Å². The molecule has 2 rings (SSSR count). The van der Waals surface area contributed by atoms with Crippen molar-refractivity contribution >= 4 is 17.4 Å². The van der Waals surface area contributed by atoms with E-state index >= 15 is 0 Å². The normalized spacial score (nSPS) is 25.9. The van der Waals surface area contributed by atoms with Gasteiger partial charge in [0, 0.05) is 5.88 Å². The Hall–Kier alpha value is -0.860. The average Bonchev–Trinajstić information content (AvgIpc) is 2.61. The summed E-state index contributed by atoms with van der Waals surface area (Å²) in [5.74, 6) is 0.373. The number of hydrogen-bond donors (Lipinski definition) is 0. The van der Waals surface area contributed by atoms with Crippen molar-refractivity contribution in [2.45, 2.75) is 12.3 Å². The lowest BCUT2D eigenvalue weighted by Crippen LogP contribution is -2.36. The van der Waals surface area contributed by atoms with Crippen LogP contribution in [0.25, 0.3) is 0 Å². The lowest BCUT2D eigenvalue weighted by atomic mass is 9.80. The maximum absolute atomic E-state index is 11.8. The Labute approximate surface area is 94.2 Å². The minimum absolute atomic E-state index is 0.0862. The van der Waals surface area contributed by atoms with Gasteiger partial charge in [-0.3, -0.25) is 4.79 Å². The third kappa shape index (κ3) is 1.68. The number of Topliss-reactive ketones (excluding diaryl/α,β-unsaturated/α-hetero) is 1. The van der Waals surface area contributed by atoms with Gasteiger partial charge in [-0.25, -0.2) is 0 Å². The van der Waals surface area contributed by atoms with Crippen molar-refractivity contribution in [3.05, 3.63) is 35.4 Å². The molecule has 0 saturated carbocycles. The molecule has 1 aromatic rings. The number of ketones is 1. The minimum Gasteiger partial charge on any atom is -0.372 e. The molecule has 0 N–H and O–H groups in total. The number of alkyl halides is 1. The number of ether oxygens (including phenoxy) is 1. The highest BCUT2D eigenvalue weighted by atomic mass is 35.5. The number of rotatable bonds is 2. The van der Waals surface area contributed by atoms with Gasteiger partial charge in [0.2, 0.25) is 0 Å². The Balaban J connectivity index is 2.46. The molecule has 0 spiro atoms. The summed E-state index contributed by atoms with van der Waals surface area (Å²) in [6.45, 7) is 2.59. The van der Waals surface area contributed by atoms with Crippen molar-refractivity contribution in [2.75, 3.05) is 19.1 Å². The quantitative estimate of drug-likeness (QED) is 0.719. The van der Waals surface area contributed by atoms with Crippen molar-refractivity contribution in [3.8, 4) is 0 Å². The van der Waals surface area contributed by atoms with Crippen LogP contribution in [0.3, 0.4) is 0 Å². The average molecular weight is 225 g/mol. The predicted octanol–water partition coefficient (Wildman–Crippen LogP) is 2.07. The van der Waals surface area contributed by atoms with E-state index in [9.17, 15) is 4.79 Å². The van der Waals surface area contributed by atoms with Crippen LogP contribution in [0.4, 0.5) is 0 Å². The molecule has 1 fully saturated rings. The first kappa shape index (κ1) is 10.7. The topological polar surface area (TPSA) is 26.3 Å². The van der Waals surface area contributed by atoms with Crippen molar-refractivity contribution in [1.82, 2.24) is 0 Å². The number of carbonyl (C=O) groups excluding carboxylic acids is 1. The monoisotopic (exact) mass is 224 g/mol. The Morgan fingerprint density at radius 2 is 2.33 bits per heavy atom. The summed E-state index contributed by atoms with van der Waals surface area (Å²) < 4.78 is 5.22. The Morgan fingerprint density at radius 3 is 2.87 bits per heavy atom. The van der Waals surface area contributed by atoms with Crippen LogP contribution in [-0.2, 0) is 14.9 Å². The van der Waals surface area contributed by atoms with Crippen LogP contribution in [0.15, 0.2) is 24.3 Å². The van der Waals surface area contributed by atoms with Gasteiger partial charge >= 0.3 is 0 Å². The van der Waals surface area contributed by atoms with Crippen LogP contribution in [0, 0.1) is 6.92 Å². The van der Waals surface area contributed by atoms with E-state index in [1.807, 2.05) is 31.2 Å². The molecule has 1 aliphatic rings. The molecule has 15 heavy (non-hydrogen) atoms. The summed E-state index contributed by atoms with van der Waals surface area (Å²) in [6, 6.07) is 7.91. The summed E-state index contributed by atoms with van der Waals surface area (Å²) in [7, 11) is 0. The van der Waals surface area contributed by atoms with Gasteiger partial charge < -0.3 is 4.74 Å². The van der Waals surface area contributed by atoms with E-state index in [1.165, 1.54) is 0 Å². The summed E-state index contributed by atoms with van der Waals surface area (Å²) in [5, 5.41) is 0. The fourth-order valence-corrected chi connectivity index (χ4v) is 2.29. The number of aryl methyl sites for hydroxylation is 1. The second-order valence-corrected chi connectivity index (χ2v) is 4.27. The molecule has 1 aromatic carbocycles.